The number of para-hydroxylation sites is 1. The lowest BCUT2D eigenvalue weighted by Gasteiger charge is -2.37. The number of ether oxygens (including phenoxy) is 1. The third-order valence-corrected chi connectivity index (χ3v) is 4.48. The highest BCUT2D eigenvalue weighted by Gasteiger charge is 2.40. The van der Waals surface area contributed by atoms with E-state index in [1.807, 2.05) is 0 Å². The van der Waals surface area contributed by atoms with E-state index >= 15 is 0 Å². The molecule has 1 unspecified atom stereocenters. The van der Waals surface area contributed by atoms with Gasteiger partial charge in [0.15, 0.2) is 23.0 Å². The van der Waals surface area contributed by atoms with Crippen molar-refractivity contribution in [3.63, 3.8) is 0 Å². The minimum absolute atomic E-state index is 0.0741. The highest BCUT2D eigenvalue weighted by molar-refractivity contribution is 5.92. The highest BCUT2D eigenvalue weighted by atomic mass is 19.1. The fourth-order valence-electron chi connectivity index (χ4n) is 2.94. The van der Waals surface area contributed by atoms with E-state index in [1.165, 1.54) is 23.1 Å². The molecular formula is C18H19FN2O5. The molecule has 0 spiro atoms. The lowest BCUT2D eigenvalue weighted by atomic mass is 9.82. The van der Waals surface area contributed by atoms with Gasteiger partial charge >= 0.3 is 5.97 Å². The van der Waals surface area contributed by atoms with Crippen molar-refractivity contribution in [1.82, 2.24) is 10.1 Å². The standard InChI is InChI=1S/C18H19FN2O5/c1-18(17(23)24)7-4-8-21(11-18)16(22)14-9-12(26-20-14)10-25-15-6-3-2-5-13(15)19/h2-3,5-6,9H,4,7-8,10-11H2,1H3,(H,23,24). The number of amides is 1. The molecule has 0 bridgehead atoms. The third-order valence-electron chi connectivity index (χ3n) is 4.48. The number of carboxylic acids is 1. The predicted octanol–water partition coefficient (Wildman–Crippen LogP) is 2.72. The van der Waals surface area contributed by atoms with Crippen LogP contribution in [0.3, 0.4) is 0 Å². The summed E-state index contributed by atoms with van der Waals surface area (Å²) in [7, 11) is 0. The maximum Gasteiger partial charge on any atom is 0.311 e. The Kier molecular flexibility index (Phi) is 4.92. The normalized spacial score (nSPS) is 20.0. The summed E-state index contributed by atoms with van der Waals surface area (Å²) < 4.78 is 23.9. The first-order valence-corrected chi connectivity index (χ1v) is 8.25. The average Bonchev–Trinajstić information content (AvgIpc) is 3.09. The van der Waals surface area contributed by atoms with Gasteiger partial charge < -0.3 is 19.3 Å². The zero-order valence-electron chi connectivity index (χ0n) is 14.3. The second kappa shape index (κ2) is 7.15. The number of aliphatic carboxylic acids is 1. The summed E-state index contributed by atoms with van der Waals surface area (Å²) >= 11 is 0. The summed E-state index contributed by atoms with van der Waals surface area (Å²) in [4.78, 5) is 25.4. The molecule has 3 rings (SSSR count). The topological polar surface area (TPSA) is 92.9 Å². The van der Waals surface area contributed by atoms with Crippen molar-refractivity contribution >= 4 is 11.9 Å². The summed E-state index contributed by atoms with van der Waals surface area (Å²) in [5.41, 5.74) is -0.888. The molecule has 1 saturated heterocycles. The Labute approximate surface area is 149 Å². The van der Waals surface area contributed by atoms with Crippen LogP contribution in [-0.4, -0.2) is 40.1 Å². The van der Waals surface area contributed by atoms with Gasteiger partial charge in [-0.05, 0) is 31.9 Å². The zero-order chi connectivity index (χ0) is 18.7. The van der Waals surface area contributed by atoms with Gasteiger partial charge in [-0.2, -0.15) is 0 Å². The lowest BCUT2D eigenvalue weighted by Crippen LogP contribution is -2.48. The predicted molar refractivity (Wildman–Crippen MR) is 88.1 cm³/mol. The average molecular weight is 362 g/mol. The second-order valence-electron chi connectivity index (χ2n) is 6.59. The molecule has 0 saturated carbocycles. The number of carbonyl (C=O) groups excluding carboxylic acids is 1. The molecule has 0 aliphatic carbocycles. The van der Waals surface area contributed by atoms with E-state index in [1.54, 1.807) is 19.1 Å². The van der Waals surface area contributed by atoms with Crippen molar-refractivity contribution in [2.45, 2.75) is 26.4 Å². The minimum Gasteiger partial charge on any atom is -0.482 e. The number of halogens is 1. The molecule has 2 heterocycles. The van der Waals surface area contributed by atoms with E-state index in [-0.39, 0.29) is 30.4 Å². The number of piperidine rings is 1. The first-order valence-electron chi connectivity index (χ1n) is 8.25. The molecule has 1 aromatic carbocycles. The Balaban J connectivity index is 1.64. The first-order chi connectivity index (χ1) is 12.4. The molecule has 1 fully saturated rings. The molecule has 8 heteroatoms. The fraction of sp³-hybridized carbons (Fsp3) is 0.389. The smallest absolute Gasteiger partial charge is 0.311 e. The Morgan fingerprint density at radius 2 is 2.19 bits per heavy atom. The molecule has 26 heavy (non-hydrogen) atoms. The molecule has 1 aromatic heterocycles. The van der Waals surface area contributed by atoms with E-state index in [9.17, 15) is 19.1 Å². The molecule has 1 aliphatic rings. The Hall–Kier alpha value is -2.90. The number of hydrogen-bond donors (Lipinski definition) is 1. The number of likely N-dealkylation sites (tertiary alicyclic amines) is 1. The van der Waals surface area contributed by atoms with Gasteiger partial charge in [-0.25, -0.2) is 4.39 Å². The van der Waals surface area contributed by atoms with E-state index in [0.717, 1.165) is 0 Å². The van der Waals surface area contributed by atoms with Gasteiger partial charge in [0.2, 0.25) is 0 Å². The molecular weight excluding hydrogens is 343 g/mol. The molecule has 1 amide bonds. The van der Waals surface area contributed by atoms with Crippen LogP contribution in [0.25, 0.3) is 0 Å². The van der Waals surface area contributed by atoms with Crippen molar-refractivity contribution in [3.8, 4) is 5.75 Å². The minimum atomic E-state index is -0.964. The van der Waals surface area contributed by atoms with E-state index in [0.29, 0.717) is 19.4 Å². The quantitative estimate of drug-likeness (QED) is 0.879. The van der Waals surface area contributed by atoms with Crippen LogP contribution in [0.5, 0.6) is 5.75 Å². The van der Waals surface area contributed by atoms with E-state index in [4.69, 9.17) is 9.26 Å². The van der Waals surface area contributed by atoms with Crippen molar-refractivity contribution in [1.29, 1.82) is 0 Å². The molecule has 2 aromatic rings. The van der Waals surface area contributed by atoms with Crippen LogP contribution in [0.2, 0.25) is 0 Å². The maximum atomic E-state index is 13.5. The third kappa shape index (κ3) is 3.68. The Morgan fingerprint density at radius 1 is 1.42 bits per heavy atom. The second-order valence-corrected chi connectivity index (χ2v) is 6.59. The summed E-state index contributed by atoms with van der Waals surface area (Å²) in [5.74, 6) is -1.46. The Morgan fingerprint density at radius 3 is 2.92 bits per heavy atom. The summed E-state index contributed by atoms with van der Waals surface area (Å²) in [6, 6.07) is 7.38. The number of rotatable bonds is 5. The SMILES string of the molecule is CC1(C(=O)O)CCCN(C(=O)c2cc(COc3ccccc3F)on2)C1. The van der Waals surface area contributed by atoms with E-state index < -0.39 is 23.1 Å². The van der Waals surface area contributed by atoms with Gasteiger partial charge in [-0.3, -0.25) is 9.59 Å². The van der Waals surface area contributed by atoms with Crippen LogP contribution < -0.4 is 4.74 Å². The van der Waals surface area contributed by atoms with Crippen LogP contribution in [0, 0.1) is 11.2 Å². The van der Waals surface area contributed by atoms with Gasteiger partial charge in [-0.15, -0.1) is 0 Å². The molecule has 1 aliphatic heterocycles. The highest BCUT2D eigenvalue weighted by Crippen LogP contribution is 2.30. The number of aromatic nitrogens is 1. The molecule has 1 N–H and O–H groups in total. The monoisotopic (exact) mass is 362 g/mol. The molecule has 0 radical (unpaired) electrons. The number of carboxylic acid groups (broad SMARTS) is 1. The maximum absolute atomic E-state index is 13.5. The van der Waals surface area contributed by atoms with Crippen LogP contribution in [0.15, 0.2) is 34.9 Å². The van der Waals surface area contributed by atoms with Crippen molar-refractivity contribution in [3.05, 3.63) is 47.6 Å². The van der Waals surface area contributed by atoms with Gasteiger partial charge in [0.1, 0.15) is 6.61 Å². The van der Waals surface area contributed by atoms with Gasteiger partial charge in [0.05, 0.1) is 5.41 Å². The van der Waals surface area contributed by atoms with Gasteiger partial charge in [-0.1, -0.05) is 17.3 Å². The largest absolute Gasteiger partial charge is 0.482 e. The summed E-state index contributed by atoms with van der Waals surface area (Å²) in [5, 5.41) is 13.1. The van der Waals surface area contributed by atoms with E-state index in [2.05, 4.69) is 5.16 Å². The lowest BCUT2D eigenvalue weighted by molar-refractivity contribution is -0.150. The van der Waals surface area contributed by atoms with Crippen LogP contribution in [0.1, 0.15) is 36.0 Å². The first kappa shape index (κ1) is 17.9. The van der Waals surface area contributed by atoms with Gasteiger partial charge in [0.25, 0.3) is 5.91 Å². The molecule has 138 valence electrons. The Bertz CT molecular complexity index is 821. The van der Waals surface area contributed by atoms with Crippen molar-refractivity contribution < 1.29 is 28.3 Å². The zero-order valence-corrected chi connectivity index (χ0v) is 14.3. The number of nitrogens with zero attached hydrogens (tertiary/aromatic N) is 2. The summed E-state index contributed by atoms with van der Waals surface area (Å²) in [6.45, 7) is 2.14. The van der Waals surface area contributed by atoms with Gasteiger partial charge in [0, 0.05) is 19.2 Å². The number of hydrogen-bond acceptors (Lipinski definition) is 5. The number of carbonyl (C=O) groups is 2. The molecule has 7 nitrogen and oxygen atoms in total. The molecule has 1 atom stereocenters. The fourth-order valence-corrected chi connectivity index (χ4v) is 2.94. The van der Waals surface area contributed by atoms with Crippen LogP contribution >= 0.6 is 0 Å². The van der Waals surface area contributed by atoms with Crippen molar-refractivity contribution in [2.24, 2.45) is 5.41 Å². The van der Waals surface area contributed by atoms with Crippen LogP contribution in [0.4, 0.5) is 4.39 Å². The number of benzene rings is 1. The van der Waals surface area contributed by atoms with Crippen LogP contribution in [-0.2, 0) is 11.4 Å². The summed E-state index contributed by atoms with van der Waals surface area (Å²) in [6.07, 6.45) is 1.13. The van der Waals surface area contributed by atoms with Crippen molar-refractivity contribution in [2.75, 3.05) is 13.1 Å².